The molecule has 2 heterocycles. The minimum atomic E-state index is 0.161. The van der Waals surface area contributed by atoms with E-state index >= 15 is 0 Å². The van der Waals surface area contributed by atoms with Crippen LogP contribution in [-0.4, -0.2) is 40.7 Å². The van der Waals surface area contributed by atoms with Crippen molar-refractivity contribution in [1.29, 1.82) is 0 Å². The molecule has 1 aromatic carbocycles. The van der Waals surface area contributed by atoms with E-state index in [1.165, 1.54) is 0 Å². The maximum absolute atomic E-state index is 5.50. The highest BCUT2D eigenvalue weighted by Gasteiger charge is 2.30. The highest BCUT2D eigenvalue weighted by molar-refractivity contribution is 5.53. The summed E-state index contributed by atoms with van der Waals surface area (Å²) in [6.07, 6.45) is 0. The van der Waals surface area contributed by atoms with Crippen LogP contribution >= 0.6 is 0 Å². The Hall–Kier alpha value is -1.72. The molecule has 1 unspecified atom stereocenters. The molecule has 3 rings (SSSR count). The number of hydrogen-bond acceptors (Lipinski definition) is 5. The summed E-state index contributed by atoms with van der Waals surface area (Å²) in [6, 6.07) is 10.6. The molecule has 1 atom stereocenters. The van der Waals surface area contributed by atoms with Crippen molar-refractivity contribution < 1.29 is 4.52 Å². The van der Waals surface area contributed by atoms with Gasteiger partial charge in [-0.1, -0.05) is 35.5 Å². The molecule has 2 aromatic rings. The molecular formula is C15H20N4O. The number of aromatic nitrogens is 2. The number of piperazine rings is 1. The lowest BCUT2D eigenvalue weighted by Gasteiger charge is -2.36. The second kappa shape index (κ2) is 5.73. The van der Waals surface area contributed by atoms with E-state index in [0.29, 0.717) is 17.8 Å². The van der Waals surface area contributed by atoms with E-state index in [2.05, 4.69) is 34.2 Å². The van der Waals surface area contributed by atoms with E-state index in [1.807, 2.05) is 30.3 Å². The average Bonchev–Trinajstić information content (AvgIpc) is 2.98. The van der Waals surface area contributed by atoms with Crippen LogP contribution in [0, 0.1) is 0 Å². The predicted octanol–water partition coefficient (Wildman–Crippen LogP) is 2.09. The summed E-state index contributed by atoms with van der Waals surface area (Å²) in [5, 5.41) is 7.51. The van der Waals surface area contributed by atoms with Crippen molar-refractivity contribution in [3.63, 3.8) is 0 Å². The lowest BCUT2D eigenvalue weighted by Crippen LogP contribution is -2.48. The van der Waals surface area contributed by atoms with Gasteiger partial charge in [0.25, 0.3) is 0 Å². The number of rotatable bonds is 3. The fourth-order valence-corrected chi connectivity index (χ4v) is 2.64. The maximum atomic E-state index is 5.50. The Morgan fingerprint density at radius 3 is 2.85 bits per heavy atom. The first-order valence-corrected chi connectivity index (χ1v) is 7.11. The molecular weight excluding hydrogens is 252 g/mol. The third-order valence-corrected chi connectivity index (χ3v) is 3.71. The summed E-state index contributed by atoms with van der Waals surface area (Å²) >= 11 is 0. The first-order chi connectivity index (χ1) is 9.75. The van der Waals surface area contributed by atoms with Gasteiger partial charge in [0.15, 0.2) is 0 Å². The molecule has 5 nitrogen and oxygen atoms in total. The maximum Gasteiger partial charge on any atom is 0.245 e. The van der Waals surface area contributed by atoms with Gasteiger partial charge in [0.1, 0.15) is 6.04 Å². The lowest BCUT2D eigenvalue weighted by molar-refractivity contribution is 0.0988. The minimum absolute atomic E-state index is 0.161. The fraction of sp³-hybridized carbons (Fsp3) is 0.467. The summed E-state index contributed by atoms with van der Waals surface area (Å²) in [6.45, 7) is 7.27. The van der Waals surface area contributed by atoms with Crippen LogP contribution in [-0.2, 0) is 0 Å². The van der Waals surface area contributed by atoms with Crippen LogP contribution in [0.15, 0.2) is 34.9 Å². The van der Waals surface area contributed by atoms with E-state index in [9.17, 15) is 0 Å². The van der Waals surface area contributed by atoms with Crippen molar-refractivity contribution in [2.24, 2.45) is 0 Å². The number of benzene rings is 1. The molecule has 0 saturated carbocycles. The quantitative estimate of drug-likeness (QED) is 0.927. The summed E-state index contributed by atoms with van der Waals surface area (Å²) in [4.78, 5) is 6.98. The molecule has 0 amide bonds. The van der Waals surface area contributed by atoms with Gasteiger partial charge in [-0.05, 0) is 13.8 Å². The van der Waals surface area contributed by atoms with E-state index in [-0.39, 0.29) is 6.04 Å². The Morgan fingerprint density at radius 2 is 2.10 bits per heavy atom. The first-order valence-electron chi connectivity index (χ1n) is 7.11. The molecule has 1 aliphatic rings. The van der Waals surface area contributed by atoms with Gasteiger partial charge in [-0.3, -0.25) is 4.90 Å². The molecule has 1 N–H and O–H groups in total. The van der Waals surface area contributed by atoms with Gasteiger partial charge in [0, 0.05) is 31.2 Å². The Labute approximate surface area is 119 Å². The Kier molecular flexibility index (Phi) is 3.80. The van der Waals surface area contributed by atoms with Crippen LogP contribution < -0.4 is 5.32 Å². The van der Waals surface area contributed by atoms with Gasteiger partial charge in [-0.15, -0.1) is 0 Å². The summed E-state index contributed by atoms with van der Waals surface area (Å²) < 4.78 is 5.50. The molecule has 0 spiro atoms. The molecule has 1 saturated heterocycles. The van der Waals surface area contributed by atoms with Crippen molar-refractivity contribution in [2.45, 2.75) is 25.9 Å². The van der Waals surface area contributed by atoms with E-state index in [0.717, 1.165) is 25.2 Å². The second-order valence-corrected chi connectivity index (χ2v) is 5.37. The van der Waals surface area contributed by atoms with Gasteiger partial charge < -0.3 is 9.84 Å². The van der Waals surface area contributed by atoms with E-state index < -0.39 is 0 Å². The zero-order chi connectivity index (χ0) is 13.9. The lowest BCUT2D eigenvalue weighted by atomic mass is 10.1. The predicted molar refractivity (Wildman–Crippen MR) is 77.2 cm³/mol. The highest BCUT2D eigenvalue weighted by Crippen LogP contribution is 2.25. The zero-order valence-corrected chi connectivity index (χ0v) is 11.9. The Bertz CT molecular complexity index is 552. The Balaban J connectivity index is 1.85. The average molecular weight is 272 g/mol. The Morgan fingerprint density at radius 1 is 1.30 bits per heavy atom. The largest absolute Gasteiger partial charge is 0.337 e. The third kappa shape index (κ3) is 2.59. The standard InChI is InChI=1S/C15H20N4O/c1-11(2)19-9-8-16-10-13(19)15-17-14(18-20-15)12-6-4-3-5-7-12/h3-7,11,13,16H,8-10H2,1-2H3. The molecule has 5 heteroatoms. The monoisotopic (exact) mass is 272 g/mol. The molecule has 20 heavy (non-hydrogen) atoms. The normalized spacial score (nSPS) is 20.4. The molecule has 1 fully saturated rings. The van der Waals surface area contributed by atoms with Crippen LogP contribution in [0.3, 0.4) is 0 Å². The van der Waals surface area contributed by atoms with Crippen molar-refractivity contribution in [3.8, 4) is 11.4 Å². The number of nitrogens with one attached hydrogen (secondary N) is 1. The van der Waals surface area contributed by atoms with Gasteiger partial charge in [-0.25, -0.2) is 0 Å². The zero-order valence-electron chi connectivity index (χ0n) is 11.9. The van der Waals surface area contributed by atoms with E-state index in [4.69, 9.17) is 4.52 Å². The van der Waals surface area contributed by atoms with Crippen molar-refractivity contribution in [3.05, 3.63) is 36.2 Å². The molecule has 0 bridgehead atoms. The smallest absolute Gasteiger partial charge is 0.245 e. The summed E-state index contributed by atoms with van der Waals surface area (Å²) in [5.74, 6) is 1.36. The second-order valence-electron chi connectivity index (χ2n) is 5.37. The van der Waals surface area contributed by atoms with Crippen LogP contribution in [0.4, 0.5) is 0 Å². The number of nitrogens with zero attached hydrogens (tertiary/aromatic N) is 3. The van der Waals surface area contributed by atoms with Gasteiger partial charge in [-0.2, -0.15) is 4.98 Å². The van der Waals surface area contributed by atoms with E-state index in [1.54, 1.807) is 0 Å². The SMILES string of the molecule is CC(C)N1CCNCC1c1nc(-c2ccccc2)no1. The number of hydrogen-bond donors (Lipinski definition) is 1. The molecule has 106 valence electrons. The highest BCUT2D eigenvalue weighted by atomic mass is 16.5. The van der Waals surface area contributed by atoms with Gasteiger partial charge in [0.2, 0.25) is 11.7 Å². The third-order valence-electron chi connectivity index (χ3n) is 3.71. The summed E-state index contributed by atoms with van der Waals surface area (Å²) in [7, 11) is 0. The molecule has 0 aliphatic carbocycles. The van der Waals surface area contributed by atoms with Crippen LogP contribution in [0.2, 0.25) is 0 Å². The molecule has 0 radical (unpaired) electrons. The van der Waals surface area contributed by atoms with Crippen molar-refractivity contribution in [2.75, 3.05) is 19.6 Å². The van der Waals surface area contributed by atoms with Crippen LogP contribution in [0.5, 0.6) is 0 Å². The van der Waals surface area contributed by atoms with Gasteiger partial charge in [0.05, 0.1) is 0 Å². The van der Waals surface area contributed by atoms with Crippen molar-refractivity contribution >= 4 is 0 Å². The van der Waals surface area contributed by atoms with Crippen molar-refractivity contribution in [1.82, 2.24) is 20.4 Å². The molecule has 1 aliphatic heterocycles. The van der Waals surface area contributed by atoms with Gasteiger partial charge >= 0.3 is 0 Å². The summed E-state index contributed by atoms with van der Waals surface area (Å²) in [5.41, 5.74) is 0.988. The van der Waals surface area contributed by atoms with Crippen LogP contribution in [0.25, 0.3) is 11.4 Å². The molecule has 1 aromatic heterocycles. The first kappa shape index (κ1) is 13.3. The van der Waals surface area contributed by atoms with Crippen LogP contribution in [0.1, 0.15) is 25.8 Å². The topological polar surface area (TPSA) is 54.2 Å². The fourth-order valence-electron chi connectivity index (χ4n) is 2.64. The minimum Gasteiger partial charge on any atom is -0.337 e.